The van der Waals surface area contributed by atoms with E-state index in [1.54, 1.807) is 0 Å². The summed E-state index contributed by atoms with van der Waals surface area (Å²) in [7, 11) is 0. The molecule has 4 heteroatoms. The summed E-state index contributed by atoms with van der Waals surface area (Å²) in [6.45, 7) is 8.37. The Balaban J connectivity index is 1.18. The molecule has 0 atom stereocenters. The lowest BCUT2D eigenvalue weighted by atomic mass is 9.92. The van der Waals surface area contributed by atoms with Gasteiger partial charge in [0.15, 0.2) is 0 Å². The fourth-order valence-corrected chi connectivity index (χ4v) is 5.22. The van der Waals surface area contributed by atoms with E-state index >= 15 is 0 Å². The third-order valence-electron chi connectivity index (χ3n) is 6.98. The lowest BCUT2D eigenvalue weighted by Gasteiger charge is -2.22. The predicted octanol–water partition coefficient (Wildman–Crippen LogP) is 7.28. The number of pyridine rings is 2. The van der Waals surface area contributed by atoms with E-state index in [2.05, 4.69) is 78.9 Å². The Bertz CT molecular complexity index is 1320. The summed E-state index contributed by atoms with van der Waals surface area (Å²) in [5.74, 6) is 0. The summed E-state index contributed by atoms with van der Waals surface area (Å²) < 4.78 is 0. The van der Waals surface area contributed by atoms with Crippen molar-refractivity contribution < 1.29 is 0 Å². The Labute approximate surface area is 203 Å². The van der Waals surface area contributed by atoms with Gasteiger partial charge in [-0.1, -0.05) is 23.3 Å². The molecule has 2 aromatic heterocycles. The standard InChI is InChI=1S/C30H36N4/c1-20-11-13-27-24(17-20)29(19-22(3)33-27)31-15-7-4-8-16-32-30-23-9-5-6-10-26(23)34-28-14-12-21(2)18-25(28)30/h11-14,17-19H,4-10,15-16H2,1-3H3,(H,31,33)(H,32,34). The van der Waals surface area contributed by atoms with Crippen molar-refractivity contribution in [3.63, 3.8) is 0 Å². The fourth-order valence-electron chi connectivity index (χ4n) is 5.22. The summed E-state index contributed by atoms with van der Waals surface area (Å²) in [6, 6.07) is 15.3. The first kappa shape index (κ1) is 22.6. The lowest BCUT2D eigenvalue weighted by molar-refractivity contribution is 0.670. The first-order chi connectivity index (χ1) is 16.6. The van der Waals surface area contributed by atoms with Crippen LogP contribution < -0.4 is 10.6 Å². The summed E-state index contributed by atoms with van der Waals surface area (Å²) in [6.07, 6.45) is 8.32. The Kier molecular flexibility index (Phi) is 6.66. The molecule has 2 N–H and O–H groups in total. The smallest absolute Gasteiger partial charge is 0.0726 e. The summed E-state index contributed by atoms with van der Waals surface area (Å²) in [5.41, 5.74) is 11.2. The van der Waals surface area contributed by atoms with Crippen LogP contribution in [0.2, 0.25) is 0 Å². The third-order valence-corrected chi connectivity index (χ3v) is 6.98. The largest absolute Gasteiger partial charge is 0.384 e. The number of unbranched alkanes of at least 4 members (excludes halogenated alkanes) is 2. The van der Waals surface area contributed by atoms with Crippen molar-refractivity contribution in [2.24, 2.45) is 0 Å². The van der Waals surface area contributed by atoms with Gasteiger partial charge in [0.2, 0.25) is 0 Å². The summed E-state index contributed by atoms with van der Waals surface area (Å²) in [5, 5.41) is 10.00. The van der Waals surface area contributed by atoms with Gasteiger partial charge < -0.3 is 10.6 Å². The normalized spacial score (nSPS) is 13.3. The van der Waals surface area contributed by atoms with Gasteiger partial charge >= 0.3 is 0 Å². The molecule has 0 saturated heterocycles. The molecule has 34 heavy (non-hydrogen) atoms. The molecule has 0 radical (unpaired) electrons. The molecule has 0 unspecified atom stereocenters. The number of fused-ring (bicyclic) bond motifs is 3. The Morgan fingerprint density at radius 1 is 0.706 bits per heavy atom. The number of benzene rings is 2. The number of rotatable bonds is 8. The minimum absolute atomic E-state index is 0.985. The van der Waals surface area contributed by atoms with Gasteiger partial charge in [0, 0.05) is 46.6 Å². The van der Waals surface area contributed by atoms with Crippen LogP contribution in [-0.4, -0.2) is 23.1 Å². The molecular formula is C30H36N4. The number of hydrogen-bond acceptors (Lipinski definition) is 4. The molecule has 4 nitrogen and oxygen atoms in total. The first-order valence-corrected chi connectivity index (χ1v) is 12.9. The molecule has 2 heterocycles. The second kappa shape index (κ2) is 10.0. The van der Waals surface area contributed by atoms with Gasteiger partial charge in [0.05, 0.1) is 11.0 Å². The van der Waals surface area contributed by atoms with Crippen molar-refractivity contribution in [3.05, 3.63) is 70.5 Å². The Morgan fingerprint density at radius 2 is 1.38 bits per heavy atom. The van der Waals surface area contributed by atoms with E-state index in [4.69, 9.17) is 4.98 Å². The van der Waals surface area contributed by atoms with Crippen LogP contribution >= 0.6 is 0 Å². The lowest BCUT2D eigenvalue weighted by Crippen LogP contribution is -2.12. The minimum atomic E-state index is 0.985. The zero-order valence-electron chi connectivity index (χ0n) is 20.8. The number of anilines is 2. The summed E-state index contributed by atoms with van der Waals surface area (Å²) >= 11 is 0. The van der Waals surface area contributed by atoms with E-state index in [0.717, 1.165) is 49.1 Å². The topological polar surface area (TPSA) is 49.8 Å². The third kappa shape index (κ3) is 4.86. The predicted molar refractivity (Wildman–Crippen MR) is 145 cm³/mol. The van der Waals surface area contributed by atoms with Gasteiger partial charge in [-0.15, -0.1) is 0 Å². The van der Waals surface area contributed by atoms with Gasteiger partial charge in [-0.05, 0) is 102 Å². The SMILES string of the molecule is Cc1ccc2nc(C)cc(NCCCCCNc3c4c(nc5ccc(C)cc35)CCCC4)c2c1. The second-order valence-corrected chi connectivity index (χ2v) is 9.89. The highest BCUT2D eigenvalue weighted by molar-refractivity contribution is 5.94. The molecule has 1 aliphatic rings. The van der Waals surface area contributed by atoms with E-state index in [1.807, 2.05) is 0 Å². The molecule has 1 aliphatic carbocycles. The second-order valence-electron chi connectivity index (χ2n) is 9.89. The van der Waals surface area contributed by atoms with Crippen LogP contribution in [0, 0.1) is 20.8 Å². The van der Waals surface area contributed by atoms with E-state index in [1.165, 1.54) is 70.2 Å². The maximum atomic E-state index is 5.00. The van der Waals surface area contributed by atoms with Gasteiger partial charge in [-0.3, -0.25) is 9.97 Å². The number of nitrogens with one attached hydrogen (secondary N) is 2. The molecule has 4 aromatic rings. The van der Waals surface area contributed by atoms with E-state index in [-0.39, 0.29) is 0 Å². The van der Waals surface area contributed by atoms with Gasteiger partial charge in [0.25, 0.3) is 0 Å². The fraction of sp³-hybridized carbons (Fsp3) is 0.400. The van der Waals surface area contributed by atoms with Crippen molar-refractivity contribution in [1.29, 1.82) is 0 Å². The average Bonchev–Trinajstić information content (AvgIpc) is 2.83. The molecule has 0 fully saturated rings. The molecule has 176 valence electrons. The highest BCUT2D eigenvalue weighted by Gasteiger charge is 2.18. The molecule has 0 spiro atoms. The van der Waals surface area contributed by atoms with Gasteiger partial charge in [-0.2, -0.15) is 0 Å². The number of nitrogens with zero attached hydrogens (tertiary/aromatic N) is 2. The van der Waals surface area contributed by atoms with Crippen LogP contribution in [0.1, 0.15) is 60.2 Å². The van der Waals surface area contributed by atoms with Crippen molar-refractivity contribution in [3.8, 4) is 0 Å². The van der Waals surface area contributed by atoms with Gasteiger partial charge in [0.1, 0.15) is 0 Å². The van der Waals surface area contributed by atoms with Crippen LogP contribution in [0.15, 0.2) is 42.5 Å². The molecule has 0 aliphatic heterocycles. The molecule has 5 rings (SSSR count). The van der Waals surface area contributed by atoms with Crippen molar-refractivity contribution in [2.45, 2.75) is 65.7 Å². The maximum Gasteiger partial charge on any atom is 0.0726 e. The van der Waals surface area contributed by atoms with Crippen molar-refractivity contribution in [2.75, 3.05) is 23.7 Å². The van der Waals surface area contributed by atoms with E-state index in [0.29, 0.717) is 0 Å². The quantitative estimate of drug-likeness (QED) is 0.276. The molecule has 0 bridgehead atoms. The number of aromatic nitrogens is 2. The number of hydrogen-bond donors (Lipinski definition) is 2. The van der Waals surface area contributed by atoms with Crippen LogP contribution in [-0.2, 0) is 12.8 Å². The zero-order valence-corrected chi connectivity index (χ0v) is 20.8. The van der Waals surface area contributed by atoms with Crippen LogP contribution in [0.4, 0.5) is 11.4 Å². The average molecular weight is 453 g/mol. The monoisotopic (exact) mass is 452 g/mol. The summed E-state index contributed by atoms with van der Waals surface area (Å²) in [4.78, 5) is 9.68. The molecule has 0 amide bonds. The highest BCUT2D eigenvalue weighted by Crippen LogP contribution is 2.34. The van der Waals surface area contributed by atoms with Crippen LogP contribution in [0.3, 0.4) is 0 Å². The van der Waals surface area contributed by atoms with E-state index in [9.17, 15) is 0 Å². The Morgan fingerprint density at radius 3 is 2.18 bits per heavy atom. The molecule has 0 saturated carbocycles. The minimum Gasteiger partial charge on any atom is -0.384 e. The van der Waals surface area contributed by atoms with Crippen LogP contribution in [0.25, 0.3) is 21.8 Å². The van der Waals surface area contributed by atoms with Crippen molar-refractivity contribution >= 4 is 33.2 Å². The van der Waals surface area contributed by atoms with E-state index < -0.39 is 0 Å². The molecule has 2 aromatic carbocycles. The number of aryl methyl sites for hydroxylation is 4. The Hall–Kier alpha value is -3.14. The molecular weight excluding hydrogens is 416 g/mol. The van der Waals surface area contributed by atoms with Crippen LogP contribution in [0.5, 0.6) is 0 Å². The maximum absolute atomic E-state index is 5.00. The van der Waals surface area contributed by atoms with Crippen molar-refractivity contribution in [1.82, 2.24) is 9.97 Å². The first-order valence-electron chi connectivity index (χ1n) is 12.9. The highest BCUT2D eigenvalue weighted by atomic mass is 14.9. The van der Waals surface area contributed by atoms with Gasteiger partial charge in [-0.25, -0.2) is 0 Å². The zero-order chi connectivity index (χ0) is 23.5.